The Morgan fingerprint density at radius 2 is 1.22 bits per heavy atom. The molecule has 0 aromatic carbocycles. The molecule has 0 aliphatic carbocycles. The first-order valence-corrected chi connectivity index (χ1v) is 13.5. The second kappa shape index (κ2) is 33.6. The van der Waals surface area contributed by atoms with E-state index in [0.717, 1.165) is 0 Å². The minimum Gasteiger partial charge on any atom is -0.400 e. The van der Waals surface area contributed by atoms with E-state index in [-0.39, 0.29) is 18.7 Å². The summed E-state index contributed by atoms with van der Waals surface area (Å²) in [5.74, 6) is 0. The number of hydrogen-bond acceptors (Lipinski definition) is 10. The van der Waals surface area contributed by atoms with Crippen LogP contribution in [0.3, 0.4) is 0 Å². The maximum atomic E-state index is 8.95. The van der Waals surface area contributed by atoms with Crippen molar-refractivity contribution in [1.82, 2.24) is 4.67 Å². The van der Waals surface area contributed by atoms with Crippen LogP contribution in [0.5, 0.6) is 0 Å². The summed E-state index contributed by atoms with van der Waals surface area (Å²) in [6.07, 6.45) is 2.23. The quantitative estimate of drug-likeness (QED) is 0.136. The summed E-state index contributed by atoms with van der Waals surface area (Å²) in [5, 5.41) is 19.5. The molecule has 1 unspecified atom stereocenters. The highest BCUT2D eigenvalue weighted by atomic mass is 31.2. The number of aliphatic hydroxyl groups is 3. The van der Waals surface area contributed by atoms with Gasteiger partial charge in [-0.05, 0) is 47.0 Å². The molecule has 0 aromatic rings. The lowest BCUT2D eigenvalue weighted by Crippen LogP contribution is -2.42. The Labute approximate surface area is 237 Å². The van der Waals surface area contributed by atoms with Crippen molar-refractivity contribution in [1.29, 1.82) is 9.56 Å². The molecule has 226 valence electrons. The second-order valence-electron chi connectivity index (χ2n) is 8.04. The SMILES string of the molecule is [2H]CCCOCC(COCCC[2H])(COCCC[2H])COP(OCCC#N)N(C(C)C)C(C)C.[3H]OC.[3H]OC.[3H]OC. The zero-order valence-corrected chi connectivity index (χ0v) is 25.3. The third-order valence-electron chi connectivity index (χ3n) is 4.23. The first-order valence-electron chi connectivity index (χ1n) is 15.8. The Morgan fingerprint density at radius 3 is 1.54 bits per heavy atom. The Kier molecular flexibility index (Phi) is 28.2. The fraction of sp³-hybridized carbons (Fsp3) is 0.962. The molecule has 0 radical (unpaired) electrons. The molecule has 0 spiro atoms. The third-order valence-corrected chi connectivity index (χ3v) is 6.29. The predicted molar refractivity (Wildman–Crippen MR) is 151 cm³/mol. The van der Waals surface area contributed by atoms with Crippen molar-refractivity contribution >= 4 is 8.53 Å². The van der Waals surface area contributed by atoms with Crippen LogP contribution >= 0.6 is 8.53 Å². The average Bonchev–Trinajstić information content (AvgIpc) is 2.95. The fourth-order valence-electron chi connectivity index (χ4n) is 2.93. The van der Waals surface area contributed by atoms with Gasteiger partial charge in [-0.25, -0.2) is 4.67 Å². The van der Waals surface area contributed by atoms with E-state index < -0.39 is 13.9 Å². The summed E-state index contributed by atoms with van der Waals surface area (Å²) in [4.78, 5) is 0. The van der Waals surface area contributed by atoms with Crippen molar-refractivity contribution in [2.45, 2.75) is 86.2 Å². The van der Waals surface area contributed by atoms with Crippen molar-refractivity contribution in [3.8, 4) is 6.07 Å². The molecule has 0 rings (SSSR count). The summed E-state index contributed by atoms with van der Waals surface area (Å²) in [6, 6.07) is 2.50. The van der Waals surface area contributed by atoms with Crippen LogP contribution < -0.4 is 0 Å². The first-order chi connectivity index (χ1) is 20.6. The zero-order chi connectivity index (χ0) is 33.8. The van der Waals surface area contributed by atoms with Gasteiger partial charge in [0.1, 0.15) is 0 Å². The van der Waals surface area contributed by atoms with Crippen LogP contribution in [0.2, 0.25) is 0 Å². The molecule has 0 amide bonds. The third kappa shape index (κ3) is 24.3. The van der Waals surface area contributed by atoms with E-state index in [0.29, 0.717) is 92.6 Å². The van der Waals surface area contributed by atoms with E-state index in [1.807, 2.05) is 0 Å². The van der Waals surface area contributed by atoms with Crippen LogP contribution in [-0.2, 0) is 23.3 Å². The Hall–Kier alpha value is -0.440. The lowest BCUT2D eigenvalue weighted by molar-refractivity contribution is -0.0895. The molecule has 0 bridgehead atoms. The van der Waals surface area contributed by atoms with Crippen molar-refractivity contribution in [3.63, 3.8) is 0 Å². The highest BCUT2D eigenvalue weighted by Gasteiger charge is 2.36. The van der Waals surface area contributed by atoms with Crippen LogP contribution in [0, 0.1) is 16.7 Å². The fourth-order valence-corrected chi connectivity index (χ4v) is 4.65. The summed E-state index contributed by atoms with van der Waals surface area (Å²) < 4.78 is 71.6. The minimum absolute atomic E-state index is 0.192. The molecule has 0 aliphatic heterocycles. The standard InChI is InChI=1S/C23H47N2O5P.3CH4O/c1-8-13-26-17-23(18-27-14-9-2,19-28-15-10-3)20-30-31(29-16-11-12-24)25(21(4)5)22(6)7;3*1-2/h21-22H,8-11,13-20H2,1-7H3;3*2H,1H3/i1D,2D,3D;3*2T. The van der Waals surface area contributed by atoms with Crippen molar-refractivity contribution in [3.05, 3.63) is 0 Å². The van der Waals surface area contributed by atoms with E-state index in [4.69, 9.17) is 36.9 Å². The molecule has 0 aliphatic rings. The van der Waals surface area contributed by atoms with Gasteiger partial charge < -0.3 is 38.6 Å². The van der Waals surface area contributed by atoms with E-state index in [1.165, 1.54) is 21.3 Å². The first kappa shape index (κ1) is 31.1. The largest absolute Gasteiger partial charge is 0.400 e. The van der Waals surface area contributed by atoms with Gasteiger partial charge in [0.25, 0.3) is 8.53 Å². The van der Waals surface area contributed by atoms with Crippen molar-refractivity contribution < 1.29 is 42.7 Å². The molecule has 11 heteroatoms. The number of rotatable bonds is 21. The number of ether oxygens (including phenoxy) is 3. The summed E-state index contributed by atoms with van der Waals surface area (Å²) in [7, 11) is 2.46. The van der Waals surface area contributed by atoms with Gasteiger partial charge in [0, 0.05) is 57.3 Å². The van der Waals surface area contributed by atoms with Gasteiger partial charge in [-0.15, -0.1) is 0 Å². The number of hydrogen-bond donors (Lipinski definition) is 3. The van der Waals surface area contributed by atoms with Crippen LogP contribution in [-0.4, -0.2) is 111 Å². The van der Waals surface area contributed by atoms with Crippen LogP contribution in [0.25, 0.3) is 0 Å². The van der Waals surface area contributed by atoms with Gasteiger partial charge >= 0.3 is 0 Å². The molecule has 10 nitrogen and oxygen atoms in total. The van der Waals surface area contributed by atoms with Gasteiger partial charge in [-0.1, -0.05) is 20.7 Å². The summed E-state index contributed by atoms with van der Waals surface area (Å²) in [5.41, 5.74) is -0.592. The average molecular weight is 568 g/mol. The summed E-state index contributed by atoms with van der Waals surface area (Å²) in [6.45, 7) is 12.3. The van der Waals surface area contributed by atoms with E-state index in [2.05, 4.69) is 53.8 Å². The normalized spacial score (nSPS) is 13.8. The van der Waals surface area contributed by atoms with Crippen LogP contribution in [0.4, 0.5) is 0 Å². The predicted octanol–water partition coefficient (Wildman–Crippen LogP) is 4.37. The monoisotopic (exact) mass is 567 g/mol. The highest BCUT2D eigenvalue weighted by molar-refractivity contribution is 7.44. The molecule has 3 N–H and O–H groups in total. The number of aliphatic hydroxyl groups excluding tert-OH is 3. The summed E-state index contributed by atoms with van der Waals surface area (Å²) >= 11 is 0. The molecule has 0 fully saturated rings. The van der Waals surface area contributed by atoms with Gasteiger partial charge in [0.05, 0.1) is 50.9 Å². The highest BCUT2D eigenvalue weighted by Crippen LogP contribution is 2.47. The molecule has 1 atom stereocenters. The van der Waals surface area contributed by atoms with Gasteiger partial charge in [-0.2, -0.15) is 5.26 Å². The van der Waals surface area contributed by atoms with E-state index >= 15 is 0 Å². The van der Waals surface area contributed by atoms with Gasteiger partial charge in [0.2, 0.25) is 4.29 Å². The smallest absolute Gasteiger partial charge is 0.259 e. The molecular formula is C26H59N2O8P. The molecule has 0 heterocycles. The maximum absolute atomic E-state index is 8.95. The minimum atomic E-state index is -1.42. The van der Waals surface area contributed by atoms with Gasteiger partial charge in [0.15, 0.2) is 0 Å². The molecule has 0 aromatic heterocycles. The van der Waals surface area contributed by atoms with Crippen molar-refractivity contribution in [2.75, 3.05) is 74.2 Å². The zero-order valence-electron chi connectivity index (χ0n) is 30.4. The Balaban J connectivity index is -0.000000744. The Morgan fingerprint density at radius 1 is 0.811 bits per heavy atom. The lowest BCUT2D eigenvalue weighted by Gasteiger charge is -2.39. The molecule has 37 heavy (non-hydrogen) atoms. The molecular weight excluding hydrogens is 499 g/mol. The van der Waals surface area contributed by atoms with Gasteiger partial charge in [-0.3, -0.25) is 0 Å². The van der Waals surface area contributed by atoms with Crippen LogP contribution in [0.15, 0.2) is 0 Å². The Bertz CT molecular complexity index is 532. The molecule has 0 saturated carbocycles. The lowest BCUT2D eigenvalue weighted by atomic mass is 9.92. The van der Waals surface area contributed by atoms with Crippen LogP contribution in [0.1, 0.15) is 78.2 Å². The van der Waals surface area contributed by atoms with E-state index in [9.17, 15) is 0 Å². The van der Waals surface area contributed by atoms with E-state index in [1.54, 1.807) is 0 Å². The van der Waals surface area contributed by atoms with Crippen molar-refractivity contribution in [2.24, 2.45) is 5.41 Å². The number of nitriles is 1. The maximum Gasteiger partial charge on any atom is 0.259 e. The topological polar surface area (TPSA) is 134 Å². The molecule has 0 saturated heterocycles. The number of nitrogens with zero attached hydrogens (tertiary/aromatic N) is 2. The second-order valence-corrected chi connectivity index (χ2v) is 9.49.